The van der Waals surface area contributed by atoms with E-state index in [9.17, 15) is 24.6 Å². The van der Waals surface area contributed by atoms with Crippen LogP contribution >= 0.6 is 0 Å². The van der Waals surface area contributed by atoms with Gasteiger partial charge in [-0.2, -0.15) is 14.8 Å². The summed E-state index contributed by atoms with van der Waals surface area (Å²) in [6, 6.07) is -0.824. The lowest BCUT2D eigenvalue weighted by atomic mass is 9.97. The Bertz CT molecular complexity index is 873. The molecule has 34 heavy (non-hydrogen) atoms. The van der Waals surface area contributed by atoms with Crippen LogP contribution in [-0.4, -0.2) is 67.8 Å². The normalized spacial score (nSPS) is 24.1. The SMILES string of the molecule is CCCC(CCC)C(=O)Nc1cnn([C@@H]2O[C@H](COC(=O)[C@@H](N)[C@@H](C)CC)C(O)C2O)c(=O)n1. The molecular weight excluding hydrogens is 446 g/mol. The van der Waals surface area contributed by atoms with Gasteiger partial charge in [0, 0.05) is 5.92 Å². The molecule has 0 saturated carbocycles. The van der Waals surface area contributed by atoms with Gasteiger partial charge in [0.05, 0.1) is 6.20 Å². The van der Waals surface area contributed by atoms with Gasteiger partial charge in [-0.1, -0.05) is 47.0 Å². The molecule has 0 bridgehead atoms. The highest BCUT2D eigenvalue weighted by atomic mass is 16.6. The highest BCUT2D eigenvalue weighted by Gasteiger charge is 2.45. The number of aromatic nitrogens is 3. The van der Waals surface area contributed by atoms with Gasteiger partial charge in [0.25, 0.3) is 0 Å². The maximum atomic E-state index is 12.5. The van der Waals surface area contributed by atoms with Crippen LogP contribution in [0.2, 0.25) is 0 Å². The third-order valence-electron chi connectivity index (χ3n) is 6.11. The first-order chi connectivity index (χ1) is 16.1. The molecule has 192 valence electrons. The van der Waals surface area contributed by atoms with Crippen molar-refractivity contribution < 1.29 is 29.3 Å². The molecule has 0 aliphatic carbocycles. The number of ether oxygens (including phenoxy) is 2. The largest absolute Gasteiger partial charge is 0.462 e. The van der Waals surface area contributed by atoms with Gasteiger partial charge < -0.3 is 30.7 Å². The molecule has 1 aromatic heterocycles. The highest BCUT2D eigenvalue weighted by molar-refractivity contribution is 5.91. The van der Waals surface area contributed by atoms with E-state index in [0.717, 1.165) is 30.4 Å². The van der Waals surface area contributed by atoms with Crippen molar-refractivity contribution in [2.45, 2.75) is 90.4 Å². The summed E-state index contributed by atoms with van der Waals surface area (Å²) >= 11 is 0. The summed E-state index contributed by atoms with van der Waals surface area (Å²) in [5.41, 5.74) is 4.95. The Balaban J connectivity index is 2.05. The van der Waals surface area contributed by atoms with Crippen LogP contribution in [0.1, 0.15) is 66.0 Å². The van der Waals surface area contributed by atoms with E-state index in [2.05, 4.69) is 15.4 Å². The van der Waals surface area contributed by atoms with Crippen molar-refractivity contribution in [2.24, 2.45) is 17.6 Å². The van der Waals surface area contributed by atoms with Gasteiger partial charge in [0.15, 0.2) is 12.0 Å². The first-order valence-corrected chi connectivity index (χ1v) is 11.8. The molecule has 1 aliphatic rings. The van der Waals surface area contributed by atoms with Gasteiger partial charge in [-0.25, -0.2) is 4.79 Å². The fourth-order valence-electron chi connectivity index (χ4n) is 3.73. The molecule has 12 heteroatoms. The third-order valence-corrected chi connectivity index (χ3v) is 6.11. The number of aliphatic hydroxyl groups is 2. The molecule has 2 unspecified atom stereocenters. The molecule has 0 aromatic carbocycles. The summed E-state index contributed by atoms with van der Waals surface area (Å²) in [5, 5.41) is 27.2. The predicted octanol–water partition coefficient (Wildman–Crippen LogP) is 0.329. The van der Waals surface area contributed by atoms with E-state index < -0.39 is 42.2 Å². The summed E-state index contributed by atoms with van der Waals surface area (Å²) in [6.45, 7) is 7.34. The topological polar surface area (TPSA) is 179 Å². The van der Waals surface area contributed by atoms with E-state index in [0.29, 0.717) is 6.42 Å². The van der Waals surface area contributed by atoms with Gasteiger partial charge in [-0.05, 0) is 18.8 Å². The lowest BCUT2D eigenvalue weighted by Gasteiger charge is -2.19. The Morgan fingerprint density at radius 1 is 1.24 bits per heavy atom. The number of amides is 1. The van der Waals surface area contributed by atoms with Crippen LogP contribution in [0.15, 0.2) is 11.0 Å². The standard InChI is InChI=1S/C22H37N5O7/c1-5-8-13(9-6-2)19(30)25-15-10-24-27(22(32)26-15)20-18(29)17(28)14(34-20)11-33-21(31)16(23)12(4)7-3/h10,12-14,16-18,20,28-29H,5-9,11,23H2,1-4H3,(H,25,26,30,32)/t12-,14+,16-,17?,18?,20+/m0/s1. The van der Waals surface area contributed by atoms with Crippen LogP contribution in [-0.2, 0) is 19.1 Å². The molecule has 1 saturated heterocycles. The number of nitrogens with two attached hydrogens (primary N) is 1. The van der Waals surface area contributed by atoms with E-state index in [4.69, 9.17) is 15.2 Å². The number of nitrogens with zero attached hydrogens (tertiary/aromatic N) is 3. The molecule has 1 fully saturated rings. The fraction of sp³-hybridized carbons (Fsp3) is 0.773. The summed E-state index contributed by atoms with van der Waals surface area (Å²) in [5.74, 6) is -1.18. The molecule has 1 aromatic rings. The number of rotatable bonds is 12. The molecule has 1 amide bonds. The Labute approximate surface area is 198 Å². The molecule has 12 nitrogen and oxygen atoms in total. The first kappa shape index (κ1) is 27.8. The number of esters is 1. The van der Waals surface area contributed by atoms with Gasteiger partial charge >= 0.3 is 11.7 Å². The smallest absolute Gasteiger partial charge is 0.368 e. The quantitative estimate of drug-likeness (QED) is 0.303. The summed E-state index contributed by atoms with van der Waals surface area (Å²) in [6.07, 6.45) is -0.381. The van der Waals surface area contributed by atoms with Crippen LogP contribution in [0.4, 0.5) is 5.82 Å². The van der Waals surface area contributed by atoms with Gasteiger partial charge in [0.1, 0.15) is 31.0 Å². The highest BCUT2D eigenvalue weighted by Crippen LogP contribution is 2.28. The zero-order valence-electron chi connectivity index (χ0n) is 20.2. The summed E-state index contributed by atoms with van der Waals surface area (Å²) < 4.78 is 11.5. The Morgan fingerprint density at radius 2 is 1.88 bits per heavy atom. The number of nitrogens with one attached hydrogen (secondary N) is 1. The van der Waals surface area contributed by atoms with Crippen molar-refractivity contribution in [1.82, 2.24) is 14.8 Å². The van der Waals surface area contributed by atoms with E-state index in [1.54, 1.807) is 0 Å². The van der Waals surface area contributed by atoms with E-state index in [1.807, 2.05) is 27.7 Å². The molecule has 0 spiro atoms. The van der Waals surface area contributed by atoms with Gasteiger partial charge in [0.2, 0.25) is 5.91 Å². The molecule has 2 rings (SSSR count). The zero-order chi connectivity index (χ0) is 25.4. The zero-order valence-corrected chi connectivity index (χ0v) is 20.2. The number of carbonyl (C=O) groups is 2. The van der Waals surface area contributed by atoms with Crippen LogP contribution in [0.25, 0.3) is 0 Å². The minimum absolute atomic E-state index is 0.0130. The van der Waals surface area contributed by atoms with Crippen LogP contribution in [0.5, 0.6) is 0 Å². The summed E-state index contributed by atoms with van der Waals surface area (Å²) in [7, 11) is 0. The monoisotopic (exact) mass is 483 g/mol. The Morgan fingerprint density at radius 3 is 2.44 bits per heavy atom. The number of hydrogen-bond acceptors (Lipinski definition) is 10. The minimum Gasteiger partial charge on any atom is -0.462 e. The minimum atomic E-state index is -1.52. The predicted molar refractivity (Wildman–Crippen MR) is 123 cm³/mol. The van der Waals surface area contributed by atoms with Crippen molar-refractivity contribution in [1.29, 1.82) is 0 Å². The Hall–Kier alpha value is -2.41. The maximum Gasteiger partial charge on any atom is 0.368 e. The molecule has 2 heterocycles. The molecular formula is C22H37N5O7. The fourth-order valence-corrected chi connectivity index (χ4v) is 3.73. The average molecular weight is 484 g/mol. The molecule has 5 N–H and O–H groups in total. The first-order valence-electron chi connectivity index (χ1n) is 11.8. The second-order valence-electron chi connectivity index (χ2n) is 8.72. The van der Waals surface area contributed by atoms with Crippen LogP contribution < -0.4 is 16.7 Å². The van der Waals surface area contributed by atoms with Gasteiger partial charge in [-0.3, -0.25) is 9.59 Å². The van der Waals surface area contributed by atoms with Crippen molar-refractivity contribution in [2.75, 3.05) is 11.9 Å². The van der Waals surface area contributed by atoms with Crippen molar-refractivity contribution >= 4 is 17.7 Å². The number of anilines is 1. The van der Waals surface area contributed by atoms with E-state index in [-0.39, 0.29) is 30.2 Å². The van der Waals surface area contributed by atoms with Crippen LogP contribution in [0.3, 0.4) is 0 Å². The molecule has 6 atom stereocenters. The number of hydrogen-bond donors (Lipinski definition) is 4. The van der Waals surface area contributed by atoms with Crippen molar-refractivity contribution in [3.8, 4) is 0 Å². The average Bonchev–Trinajstić information content (AvgIpc) is 3.09. The summed E-state index contributed by atoms with van der Waals surface area (Å²) in [4.78, 5) is 40.9. The van der Waals surface area contributed by atoms with E-state index >= 15 is 0 Å². The van der Waals surface area contributed by atoms with E-state index in [1.165, 1.54) is 6.20 Å². The third kappa shape index (κ3) is 6.81. The van der Waals surface area contributed by atoms with Gasteiger partial charge in [-0.15, -0.1) is 0 Å². The van der Waals surface area contributed by atoms with Crippen molar-refractivity contribution in [3.63, 3.8) is 0 Å². The maximum absolute atomic E-state index is 12.5. The second kappa shape index (κ2) is 12.9. The van der Waals surface area contributed by atoms with Crippen LogP contribution in [0, 0.1) is 11.8 Å². The number of carbonyl (C=O) groups excluding carboxylic acids is 2. The second-order valence-corrected chi connectivity index (χ2v) is 8.72. The van der Waals surface area contributed by atoms with Crippen molar-refractivity contribution in [3.05, 3.63) is 16.7 Å². The lowest BCUT2D eigenvalue weighted by Crippen LogP contribution is -2.41. The molecule has 0 radical (unpaired) electrons. The Kier molecular flexibility index (Phi) is 10.5. The lowest BCUT2D eigenvalue weighted by molar-refractivity contribution is -0.153. The molecule has 1 aliphatic heterocycles. The number of aliphatic hydroxyl groups excluding tert-OH is 2.